The molecule has 0 bridgehead atoms. The predicted molar refractivity (Wildman–Crippen MR) is 94.0 cm³/mol. The van der Waals surface area contributed by atoms with Crippen molar-refractivity contribution in [3.63, 3.8) is 0 Å². The van der Waals surface area contributed by atoms with Crippen LogP contribution in [0.25, 0.3) is 0 Å². The molecule has 3 amide bonds. The van der Waals surface area contributed by atoms with E-state index in [9.17, 15) is 14.4 Å². The summed E-state index contributed by atoms with van der Waals surface area (Å²) in [5.41, 5.74) is 3.15. The Kier molecular flexibility index (Phi) is 4.66. The summed E-state index contributed by atoms with van der Waals surface area (Å²) in [6.45, 7) is 2.20. The third kappa shape index (κ3) is 3.65. The second-order valence-corrected chi connectivity index (χ2v) is 6.48. The second kappa shape index (κ2) is 6.88. The average Bonchev–Trinajstić information content (AvgIpc) is 2.87. The van der Waals surface area contributed by atoms with E-state index in [1.165, 1.54) is 4.90 Å². The van der Waals surface area contributed by atoms with Crippen LogP contribution in [-0.2, 0) is 11.3 Å². The van der Waals surface area contributed by atoms with Gasteiger partial charge in [-0.1, -0.05) is 36.0 Å². The summed E-state index contributed by atoms with van der Waals surface area (Å²) in [4.78, 5) is 36.7. The number of hydrogen-bond donors (Lipinski definition) is 1. The van der Waals surface area contributed by atoms with E-state index in [1.54, 1.807) is 24.3 Å². The Morgan fingerprint density at radius 1 is 1.17 bits per heavy atom. The van der Waals surface area contributed by atoms with Gasteiger partial charge in [-0.2, -0.15) is 0 Å². The van der Waals surface area contributed by atoms with E-state index in [1.807, 2.05) is 31.2 Å². The number of amides is 3. The third-order valence-corrected chi connectivity index (χ3v) is 4.53. The molecular formula is C18H16N2O3S. The SMILES string of the molecule is Cc1cccc(NC(=O)c2ccc(CN3C(=O)CSC3=O)cc2)c1. The van der Waals surface area contributed by atoms with Crippen LogP contribution in [0, 0.1) is 6.92 Å². The van der Waals surface area contributed by atoms with Crippen LogP contribution >= 0.6 is 11.8 Å². The van der Waals surface area contributed by atoms with Gasteiger partial charge in [0.25, 0.3) is 11.1 Å². The molecule has 1 heterocycles. The molecule has 1 aliphatic rings. The maximum atomic E-state index is 12.3. The summed E-state index contributed by atoms with van der Waals surface area (Å²) >= 11 is 1.02. The fourth-order valence-corrected chi connectivity index (χ4v) is 3.13. The molecule has 0 radical (unpaired) electrons. The van der Waals surface area contributed by atoms with Gasteiger partial charge in [0.2, 0.25) is 5.91 Å². The van der Waals surface area contributed by atoms with Crippen LogP contribution in [0.5, 0.6) is 0 Å². The van der Waals surface area contributed by atoms with Gasteiger partial charge in [-0.05, 0) is 42.3 Å². The van der Waals surface area contributed by atoms with Crippen LogP contribution in [0.3, 0.4) is 0 Å². The second-order valence-electron chi connectivity index (χ2n) is 5.55. The number of anilines is 1. The van der Waals surface area contributed by atoms with Crippen LogP contribution in [0.4, 0.5) is 10.5 Å². The summed E-state index contributed by atoms with van der Waals surface area (Å²) in [6.07, 6.45) is 0. The lowest BCUT2D eigenvalue weighted by atomic mass is 10.1. The van der Waals surface area contributed by atoms with Gasteiger partial charge in [-0.25, -0.2) is 0 Å². The molecule has 24 heavy (non-hydrogen) atoms. The molecule has 1 N–H and O–H groups in total. The van der Waals surface area contributed by atoms with E-state index in [4.69, 9.17) is 0 Å². The van der Waals surface area contributed by atoms with Gasteiger partial charge in [0, 0.05) is 11.3 Å². The van der Waals surface area contributed by atoms with Crippen molar-refractivity contribution in [3.8, 4) is 0 Å². The monoisotopic (exact) mass is 340 g/mol. The van der Waals surface area contributed by atoms with Gasteiger partial charge in [-0.3, -0.25) is 19.3 Å². The minimum absolute atomic E-state index is 0.175. The van der Waals surface area contributed by atoms with Crippen LogP contribution in [0.2, 0.25) is 0 Å². The van der Waals surface area contributed by atoms with E-state index in [0.29, 0.717) is 5.56 Å². The van der Waals surface area contributed by atoms with Gasteiger partial charge in [0.1, 0.15) is 0 Å². The molecule has 0 saturated carbocycles. The van der Waals surface area contributed by atoms with E-state index in [2.05, 4.69) is 5.32 Å². The Morgan fingerprint density at radius 2 is 1.92 bits per heavy atom. The van der Waals surface area contributed by atoms with Gasteiger partial charge in [0.05, 0.1) is 12.3 Å². The molecule has 6 heteroatoms. The van der Waals surface area contributed by atoms with Gasteiger partial charge in [0.15, 0.2) is 0 Å². The zero-order valence-electron chi connectivity index (χ0n) is 13.1. The molecule has 1 fully saturated rings. The van der Waals surface area contributed by atoms with Crippen molar-refractivity contribution in [1.29, 1.82) is 0 Å². The summed E-state index contributed by atoms with van der Waals surface area (Å²) in [5.74, 6) is -0.169. The maximum absolute atomic E-state index is 12.3. The van der Waals surface area contributed by atoms with Crippen LogP contribution < -0.4 is 5.32 Å². The number of carbonyl (C=O) groups excluding carboxylic acids is 3. The Labute approximate surface area is 144 Å². The summed E-state index contributed by atoms with van der Waals surface area (Å²) in [5, 5.41) is 2.62. The molecule has 122 valence electrons. The van der Waals surface area contributed by atoms with Crippen LogP contribution in [0.1, 0.15) is 21.5 Å². The highest BCUT2D eigenvalue weighted by Gasteiger charge is 2.29. The minimum atomic E-state index is -0.221. The highest BCUT2D eigenvalue weighted by Crippen LogP contribution is 2.21. The molecule has 3 rings (SSSR count). The van der Waals surface area contributed by atoms with E-state index >= 15 is 0 Å². The lowest BCUT2D eigenvalue weighted by Gasteiger charge is -2.13. The minimum Gasteiger partial charge on any atom is -0.322 e. The fraction of sp³-hybridized carbons (Fsp3) is 0.167. The molecule has 1 aliphatic heterocycles. The molecular weight excluding hydrogens is 324 g/mol. The maximum Gasteiger partial charge on any atom is 0.289 e. The van der Waals surface area contributed by atoms with E-state index in [-0.39, 0.29) is 29.4 Å². The zero-order chi connectivity index (χ0) is 17.1. The normalized spacial score (nSPS) is 14.1. The standard InChI is InChI=1S/C18H16N2O3S/c1-12-3-2-4-15(9-12)19-17(22)14-7-5-13(6-8-14)10-20-16(21)11-24-18(20)23/h2-9H,10-11H2,1H3,(H,19,22). The predicted octanol–water partition coefficient (Wildman–Crippen LogP) is 3.44. The quantitative estimate of drug-likeness (QED) is 0.926. The Balaban J connectivity index is 1.66. The molecule has 1 saturated heterocycles. The van der Waals surface area contributed by atoms with Crippen LogP contribution in [0.15, 0.2) is 48.5 Å². The summed E-state index contributed by atoms with van der Waals surface area (Å²) in [6, 6.07) is 14.5. The van der Waals surface area contributed by atoms with Crippen molar-refractivity contribution in [2.45, 2.75) is 13.5 Å². The number of rotatable bonds is 4. The highest BCUT2D eigenvalue weighted by molar-refractivity contribution is 8.14. The summed E-state index contributed by atoms with van der Waals surface area (Å²) < 4.78 is 0. The van der Waals surface area contributed by atoms with Gasteiger partial charge >= 0.3 is 0 Å². The van der Waals surface area contributed by atoms with Gasteiger partial charge < -0.3 is 5.32 Å². The first kappa shape index (κ1) is 16.3. The number of carbonyl (C=O) groups is 3. The molecule has 0 spiro atoms. The third-order valence-electron chi connectivity index (χ3n) is 3.67. The number of hydrogen-bond acceptors (Lipinski definition) is 4. The van der Waals surface area contributed by atoms with Crippen molar-refractivity contribution < 1.29 is 14.4 Å². The van der Waals surface area contributed by atoms with E-state index < -0.39 is 0 Å². The number of thioether (sulfide) groups is 1. The van der Waals surface area contributed by atoms with Crippen LogP contribution in [-0.4, -0.2) is 27.7 Å². The number of nitrogens with zero attached hydrogens (tertiary/aromatic N) is 1. The van der Waals surface area contributed by atoms with Crippen molar-refractivity contribution >= 4 is 34.5 Å². The lowest BCUT2D eigenvalue weighted by Crippen LogP contribution is -2.27. The average molecular weight is 340 g/mol. The first-order valence-corrected chi connectivity index (χ1v) is 8.45. The number of imide groups is 1. The molecule has 2 aromatic rings. The first-order chi connectivity index (χ1) is 11.5. The molecule has 0 atom stereocenters. The number of benzene rings is 2. The molecule has 0 aromatic heterocycles. The first-order valence-electron chi connectivity index (χ1n) is 7.47. The number of nitrogens with one attached hydrogen (secondary N) is 1. The Bertz CT molecular complexity index is 786. The Hall–Kier alpha value is -2.60. The molecule has 0 aliphatic carbocycles. The number of aryl methyl sites for hydroxylation is 1. The Morgan fingerprint density at radius 3 is 2.54 bits per heavy atom. The topological polar surface area (TPSA) is 66.5 Å². The smallest absolute Gasteiger partial charge is 0.289 e. The van der Waals surface area contributed by atoms with Crippen molar-refractivity contribution in [1.82, 2.24) is 4.90 Å². The van der Waals surface area contributed by atoms with E-state index in [0.717, 1.165) is 28.6 Å². The lowest BCUT2D eigenvalue weighted by molar-refractivity contribution is -0.125. The summed E-state index contributed by atoms with van der Waals surface area (Å²) in [7, 11) is 0. The molecule has 2 aromatic carbocycles. The van der Waals surface area contributed by atoms with Crippen molar-refractivity contribution in [3.05, 3.63) is 65.2 Å². The largest absolute Gasteiger partial charge is 0.322 e. The fourth-order valence-electron chi connectivity index (χ4n) is 2.40. The zero-order valence-corrected chi connectivity index (χ0v) is 13.9. The van der Waals surface area contributed by atoms with Gasteiger partial charge in [-0.15, -0.1) is 0 Å². The highest BCUT2D eigenvalue weighted by atomic mass is 32.2. The molecule has 5 nitrogen and oxygen atoms in total. The van der Waals surface area contributed by atoms with Crippen molar-refractivity contribution in [2.24, 2.45) is 0 Å². The molecule has 0 unspecified atom stereocenters. The van der Waals surface area contributed by atoms with Crippen molar-refractivity contribution in [2.75, 3.05) is 11.1 Å².